The fourth-order valence-electron chi connectivity index (χ4n) is 1.45. The van der Waals surface area contributed by atoms with Gasteiger partial charge < -0.3 is 0 Å². The minimum atomic E-state index is 1.21. The van der Waals surface area contributed by atoms with E-state index in [-0.39, 0.29) is 0 Å². The molecule has 10 heavy (non-hydrogen) atoms. The summed E-state index contributed by atoms with van der Waals surface area (Å²) >= 11 is 0. The van der Waals surface area contributed by atoms with Crippen molar-refractivity contribution in [3.05, 3.63) is 22.8 Å². The monoisotopic (exact) mass is 136 g/mol. The largest absolute Gasteiger partial charge is 0.0772 e. The first-order chi connectivity index (χ1) is 4.75. The molecule has 0 unspecified atom stereocenters. The summed E-state index contributed by atoms with van der Waals surface area (Å²) in [5.74, 6) is 0. The molecule has 0 nitrogen and oxygen atoms in total. The molecule has 0 aliphatic heterocycles. The van der Waals surface area contributed by atoms with Crippen LogP contribution in [0.15, 0.2) is 22.8 Å². The van der Waals surface area contributed by atoms with Gasteiger partial charge in [0.1, 0.15) is 0 Å². The molecule has 0 saturated carbocycles. The van der Waals surface area contributed by atoms with Crippen molar-refractivity contribution in [2.75, 3.05) is 0 Å². The van der Waals surface area contributed by atoms with Crippen molar-refractivity contribution in [3.8, 4) is 0 Å². The van der Waals surface area contributed by atoms with E-state index in [1.54, 1.807) is 11.1 Å². The first-order valence-electron chi connectivity index (χ1n) is 4.11. The Hall–Kier alpha value is -0.520. The van der Waals surface area contributed by atoms with Crippen LogP contribution in [0.25, 0.3) is 0 Å². The Kier molecular flexibility index (Phi) is 2.31. The lowest BCUT2D eigenvalue weighted by Crippen LogP contribution is -1.81. The predicted octanol–water partition coefficient (Wildman–Crippen LogP) is 3.45. The molecular formula is C10H16. The molecule has 0 heterocycles. The molecule has 0 aromatic rings. The number of hydrogen-bond donors (Lipinski definition) is 0. The van der Waals surface area contributed by atoms with E-state index in [4.69, 9.17) is 0 Å². The Labute approximate surface area is 63.6 Å². The molecule has 0 N–H and O–H groups in total. The minimum absolute atomic E-state index is 1.21. The summed E-state index contributed by atoms with van der Waals surface area (Å²) in [6.07, 6.45) is 6.12. The highest BCUT2D eigenvalue weighted by Crippen LogP contribution is 2.27. The van der Waals surface area contributed by atoms with E-state index in [0.29, 0.717) is 0 Å². The van der Waals surface area contributed by atoms with Crippen molar-refractivity contribution in [1.82, 2.24) is 0 Å². The number of rotatable bonds is 2. The van der Waals surface area contributed by atoms with Crippen LogP contribution in [0.4, 0.5) is 0 Å². The third-order valence-corrected chi connectivity index (χ3v) is 2.33. The van der Waals surface area contributed by atoms with Crippen molar-refractivity contribution >= 4 is 0 Å². The SMILES string of the molecule is CCCC1=C(C)C(C)=CC1. The molecule has 0 aromatic heterocycles. The van der Waals surface area contributed by atoms with Crippen LogP contribution in [0, 0.1) is 0 Å². The predicted molar refractivity (Wildman–Crippen MR) is 46.0 cm³/mol. The fraction of sp³-hybridized carbons (Fsp3) is 0.600. The van der Waals surface area contributed by atoms with Crippen LogP contribution in [0.5, 0.6) is 0 Å². The van der Waals surface area contributed by atoms with Crippen LogP contribution in [0.2, 0.25) is 0 Å². The Morgan fingerprint density at radius 1 is 1.40 bits per heavy atom. The topological polar surface area (TPSA) is 0 Å². The second-order valence-electron chi connectivity index (χ2n) is 3.07. The quantitative estimate of drug-likeness (QED) is 0.545. The lowest BCUT2D eigenvalue weighted by molar-refractivity contribution is 0.878. The maximum absolute atomic E-state index is 2.33. The molecular weight excluding hydrogens is 120 g/mol. The molecule has 1 aliphatic carbocycles. The number of allylic oxidation sites excluding steroid dienone is 4. The molecule has 0 atom stereocenters. The summed E-state index contributed by atoms with van der Waals surface area (Å²) < 4.78 is 0. The molecule has 0 amide bonds. The van der Waals surface area contributed by atoms with Gasteiger partial charge in [-0.25, -0.2) is 0 Å². The Bertz CT molecular complexity index is 182. The second kappa shape index (κ2) is 3.05. The van der Waals surface area contributed by atoms with Gasteiger partial charge >= 0.3 is 0 Å². The fourth-order valence-corrected chi connectivity index (χ4v) is 1.45. The molecule has 0 bridgehead atoms. The summed E-state index contributed by atoms with van der Waals surface area (Å²) in [6, 6.07) is 0. The van der Waals surface area contributed by atoms with Crippen LogP contribution in [0.1, 0.15) is 40.0 Å². The van der Waals surface area contributed by atoms with E-state index >= 15 is 0 Å². The molecule has 1 rings (SSSR count). The van der Waals surface area contributed by atoms with Crippen molar-refractivity contribution in [1.29, 1.82) is 0 Å². The van der Waals surface area contributed by atoms with Gasteiger partial charge in [-0.1, -0.05) is 30.6 Å². The van der Waals surface area contributed by atoms with Crippen LogP contribution in [-0.2, 0) is 0 Å². The third-order valence-electron chi connectivity index (χ3n) is 2.33. The minimum Gasteiger partial charge on any atom is -0.0772 e. The van der Waals surface area contributed by atoms with Gasteiger partial charge in [-0.2, -0.15) is 0 Å². The highest BCUT2D eigenvalue weighted by molar-refractivity contribution is 5.39. The first-order valence-corrected chi connectivity index (χ1v) is 4.11. The maximum atomic E-state index is 2.33. The molecule has 56 valence electrons. The lowest BCUT2D eigenvalue weighted by Gasteiger charge is -2.01. The molecule has 0 radical (unpaired) electrons. The highest BCUT2D eigenvalue weighted by atomic mass is 14.1. The molecule has 1 aliphatic rings. The molecule has 0 spiro atoms. The lowest BCUT2D eigenvalue weighted by atomic mass is 10.1. The Balaban J connectivity index is 2.64. The summed E-state index contributed by atoms with van der Waals surface area (Å²) in [6.45, 7) is 6.69. The van der Waals surface area contributed by atoms with E-state index in [0.717, 1.165) is 0 Å². The van der Waals surface area contributed by atoms with Crippen molar-refractivity contribution in [2.45, 2.75) is 40.0 Å². The molecule has 0 heteroatoms. The Morgan fingerprint density at radius 3 is 2.50 bits per heavy atom. The highest BCUT2D eigenvalue weighted by Gasteiger charge is 2.08. The summed E-state index contributed by atoms with van der Waals surface area (Å²) in [7, 11) is 0. The normalized spacial score (nSPS) is 18.1. The van der Waals surface area contributed by atoms with Crippen molar-refractivity contribution < 1.29 is 0 Å². The van der Waals surface area contributed by atoms with E-state index < -0.39 is 0 Å². The average Bonchev–Trinajstić information content (AvgIpc) is 2.20. The van der Waals surface area contributed by atoms with Crippen LogP contribution >= 0.6 is 0 Å². The molecule has 0 aromatic carbocycles. The zero-order chi connectivity index (χ0) is 7.56. The van der Waals surface area contributed by atoms with Gasteiger partial charge in [0.05, 0.1) is 0 Å². The zero-order valence-corrected chi connectivity index (χ0v) is 7.20. The van der Waals surface area contributed by atoms with Gasteiger partial charge in [0.2, 0.25) is 0 Å². The average molecular weight is 136 g/mol. The second-order valence-corrected chi connectivity index (χ2v) is 3.07. The maximum Gasteiger partial charge on any atom is -0.0127 e. The molecule has 0 saturated heterocycles. The van der Waals surface area contributed by atoms with Gasteiger partial charge in [-0.3, -0.25) is 0 Å². The zero-order valence-electron chi connectivity index (χ0n) is 7.20. The summed E-state index contributed by atoms with van der Waals surface area (Å²) in [5, 5.41) is 0. The first kappa shape index (κ1) is 7.59. The summed E-state index contributed by atoms with van der Waals surface area (Å²) in [5.41, 5.74) is 4.69. The van der Waals surface area contributed by atoms with Gasteiger partial charge in [0.15, 0.2) is 0 Å². The van der Waals surface area contributed by atoms with E-state index in [9.17, 15) is 0 Å². The van der Waals surface area contributed by atoms with Crippen LogP contribution < -0.4 is 0 Å². The van der Waals surface area contributed by atoms with Gasteiger partial charge in [0, 0.05) is 0 Å². The third kappa shape index (κ3) is 1.31. The van der Waals surface area contributed by atoms with Crippen LogP contribution in [-0.4, -0.2) is 0 Å². The van der Waals surface area contributed by atoms with Gasteiger partial charge in [-0.05, 0) is 32.3 Å². The van der Waals surface area contributed by atoms with E-state index in [1.807, 2.05) is 0 Å². The van der Waals surface area contributed by atoms with Gasteiger partial charge in [-0.15, -0.1) is 0 Å². The van der Waals surface area contributed by atoms with Crippen molar-refractivity contribution in [2.24, 2.45) is 0 Å². The van der Waals surface area contributed by atoms with Crippen molar-refractivity contribution in [3.63, 3.8) is 0 Å². The van der Waals surface area contributed by atoms with E-state index in [1.165, 1.54) is 24.8 Å². The number of hydrogen-bond acceptors (Lipinski definition) is 0. The smallest absolute Gasteiger partial charge is 0.0127 e. The summed E-state index contributed by atoms with van der Waals surface area (Å²) in [4.78, 5) is 0. The van der Waals surface area contributed by atoms with Crippen LogP contribution in [0.3, 0.4) is 0 Å². The molecule has 0 fully saturated rings. The van der Waals surface area contributed by atoms with E-state index in [2.05, 4.69) is 26.8 Å². The standard InChI is InChI=1S/C10H16/c1-4-5-10-7-6-8(2)9(10)3/h6H,4-5,7H2,1-3H3. The van der Waals surface area contributed by atoms with Gasteiger partial charge in [0.25, 0.3) is 0 Å². The Morgan fingerprint density at radius 2 is 2.10 bits per heavy atom.